The number of carbonyl (C=O) groups is 4. The molecule has 0 saturated carbocycles. The van der Waals surface area contributed by atoms with Crippen molar-refractivity contribution < 1.29 is 33.0 Å². The maximum Gasteiger partial charge on any atom is 0.412 e. The summed E-state index contributed by atoms with van der Waals surface area (Å²) < 4.78 is 27.1. The van der Waals surface area contributed by atoms with Gasteiger partial charge in [-0.1, -0.05) is 30.3 Å². The Bertz CT molecular complexity index is 2600. The van der Waals surface area contributed by atoms with E-state index in [1.165, 1.54) is 6.07 Å². The number of piperidine rings is 2. The Kier molecular flexibility index (Phi) is 13.6. The monoisotopic (exact) mass is 887 g/mol. The van der Waals surface area contributed by atoms with E-state index in [9.17, 15) is 24.0 Å². The fourth-order valence-corrected chi connectivity index (χ4v) is 8.62. The van der Waals surface area contributed by atoms with Gasteiger partial charge in [-0.15, -0.1) is 0 Å². The van der Waals surface area contributed by atoms with E-state index in [1.54, 1.807) is 90.5 Å². The molecule has 0 aliphatic carbocycles. The number of pyridine rings is 2. The summed E-state index contributed by atoms with van der Waals surface area (Å²) in [5.74, 6) is -1.34. The molecule has 16 nitrogen and oxygen atoms in total. The lowest BCUT2D eigenvalue weighted by Crippen LogP contribution is -2.53. The molecular formula is C48H54FN9O7. The van der Waals surface area contributed by atoms with E-state index in [0.29, 0.717) is 99.2 Å². The van der Waals surface area contributed by atoms with Crippen molar-refractivity contribution in [2.45, 2.75) is 70.7 Å². The normalized spacial score (nSPS) is 16.7. The van der Waals surface area contributed by atoms with Gasteiger partial charge < -0.3 is 24.2 Å². The van der Waals surface area contributed by atoms with Gasteiger partial charge in [-0.25, -0.2) is 19.3 Å². The number of hydrogen-bond acceptors (Lipinski definition) is 11. The Morgan fingerprint density at radius 1 is 0.785 bits per heavy atom. The zero-order valence-corrected chi connectivity index (χ0v) is 36.9. The lowest BCUT2D eigenvalue weighted by Gasteiger charge is -2.38. The third-order valence-electron chi connectivity index (χ3n) is 12.1. The maximum absolute atomic E-state index is 15.1. The Morgan fingerprint density at radius 2 is 1.46 bits per heavy atom. The number of fused-ring (bicyclic) bond motifs is 1. The van der Waals surface area contributed by atoms with E-state index in [2.05, 4.69) is 30.4 Å². The van der Waals surface area contributed by atoms with E-state index in [4.69, 9.17) is 9.47 Å². The SMILES string of the molecule is CC(C)(C)OC(=O)Nc1cc(-c2cccnc2)cnc1C(=O)N1CCC(OC2CCN(CC(=O)N3CCN(C(=O)c4cc(Cc5n[nH]c(=O)c6ccccc56)ccc4F)CC3)CC2)CC1. The number of likely N-dealkylation sites (tertiary alicyclic amines) is 2. The van der Waals surface area contributed by atoms with E-state index in [1.807, 2.05) is 18.2 Å². The number of anilines is 1. The summed E-state index contributed by atoms with van der Waals surface area (Å²) in [5.41, 5.74) is 2.12. The summed E-state index contributed by atoms with van der Waals surface area (Å²) in [6.45, 7) is 9.24. The molecule has 6 heterocycles. The van der Waals surface area contributed by atoms with Crippen LogP contribution in [0.1, 0.15) is 78.6 Å². The first-order valence-electron chi connectivity index (χ1n) is 22.2. The molecule has 4 amide bonds. The van der Waals surface area contributed by atoms with Gasteiger partial charge in [0.05, 0.1) is 41.1 Å². The predicted octanol–water partition coefficient (Wildman–Crippen LogP) is 5.53. The van der Waals surface area contributed by atoms with Crippen LogP contribution >= 0.6 is 0 Å². The third kappa shape index (κ3) is 11.0. The number of aromatic amines is 1. The maximum atomic E-state index is 15.1. The molecule has 17 heteroatoms. The molecule has 0 radical (unpaired) electrons. The first kappa shape index (κ1) is 45.0. The highest BCUT2D eigenvalue weighted by Gasteiger charge is 2.32. The Balaban J connectivity index is 0.776. The Labute approximate surface area is 376 Å². The van der Waals surface area contributed by atoms with Crippen LogP contribution in [0.25, 0.3) is 21.9 Å². The molecule has 5 aromatic rings. The molecule has 3 aliphatic heterocycles. The molecular weight excluding hydrogens is 834 g/mol. The summed E-state index contributed by atoms with van der Waals surface area (Å²) in [5, 5.41) is 10.7. The number of nitrogens with one attached hydrogen (secondary N) is 2. The minimum Gasteiger partial charge on any atom is -0.444 e. The molecule has 2 aromatic carbocycles. The summed E-state index contributed by atoms with van der Waals surface area (Å²) in [4.78, 5) is 81.7. The zero-order valence-electron chi connectivity index (χ0n) is 36.9. The second-order valence-electron chi connectivity index (χ2n) is 17.8. The van der Waals surface area contributed by atoms with Crippen LogP contribution in [0, 0.1) is 5.82 Å². The molecule has 2 N–H and O–H groups in total. The summed E-state index contributed by atoms with van der Waals surface area (Å²) in [6.07, 6.45) is 7.48. The van der Waals surface area contributed by atoms with Crippen molar-refractivity contribution in [2.75, 3.05) is 64.2 Å². The summed E-state index contributed by atoms with van der Waals surface area (Å²) >= 11 is 0. The van der Waals surface area contributed by atoms with Crippen LogP contribution in [0.4, 0.5) is 14.9 Å². The smallest absolute Gasteiger partial charge is 0.412 e. The van der Waals surface area contributed by atoms with Gasteiger partial charge in [-0.3, -0.25) is 34.4 Å². The van der Waals surface area contributed by atoms with Crippen molar-refractivity contribution in [1.82, 2.24) is 39.8 Å². The zero-order chi connectivity index (χ0) is 45.7. The van der Waals surface area contributed by atoms with Gasteiger partial charge in [0.25, 0.3) is 17.4 Å². The van der Waals surface area contributed by atoms with Gasteiger partial charge in [0.15, 0.2) is 5.69 Å². The summed E-state index contributed by atoms with van der Waals surface area (Å²) in [6, 6.07) is 17.0. The van der Waals surface area contributed by atoms with Crippen LogP contribution in [0.15, 0.2) is 84.0 Å². The van der Waals surface area contributed by atoms with Crippen LogP contribution in [-0.4, -0.2) is 140 Å². The van der Waals surface area contributed by atoms with E-state index < -0.39 is 23.4 Å². The molecule has 65 heavy (non-hydrogen) atoms. The number of halogens is 1. The van der Waals surface area contributed by atoms with Crippen molar-refractivity contribution in [3.63, 3.8) is 0 Å². The lowest BCUT2D eigenvalue weighted by molar-refractivity contribution is -0.135. The fraction of sp³-hybridized carbons (Fsp3) is 0.417. The number of hydrogen-bond donors (Lipinski definition) is 2. The molecule has 0 unspecified atom stereocenters. The summed E-state index contributed by atoms with van der Waals surface area (Å²) in [7, 11) is 0. The standard InChI is InChI=1S/C48H54FN9O7/c1-48(2,3)65-47(63)52-41-27-33(32-7-6-16-50-28-32)29-51-43(41)46(62)57-19-14-35(15-20-57)64-34-12-17-55(18-13-34)30-42(59)56-21-23-58(24-22-56)45(61)38-25-31(10-11-39(38)49)26-40-36-8-4-5-9-37(36)44(60)54-53-40/h4-11,16,25,27-29,34-35H,12-15,17-24,26,30H2,1-3H3,(H,52,63)(H,54,60). The number of rotatable bonds is 10. The van der Waals surface area contributed by atoms with Gasteiger partial charge in [0.1, 0.15) is 11.4 Å². The van der Waals surface area contributed by atoms with Gasteiger partial charge in [0, 0.05) is 93.9 Å². The molecule has 0 atom stereocenters. The predicted molar refractivity (Wildman–Crippen MR) is 241 cm³/mol. The van der Waals surface area contributed by atoms with Gasteiger partial charge in [-0.05, 0) is 82.3 Å². The van der Waals surface area contributed by atoms with Crippen LogP contribution in [-0.2, 0) is 20.7 Å². The van der Waals surface area contributed by atoms with E-state index in [0.717, 1.165) is 18.4 Å². The highest BCUT2D eigenvalue weighted by molar-refractivity contribution is 6.02. The highest BCUT2D eigenvalue weighted by Crippen LogP contribution is 2.28. The van der Waals surface area contributed by atoms with Crippen LogP contribution in [0.2, 0.25) is 0 Å². The molecule has 3 fully saturated rings. The van der Waals surface area contributed by atoms with Crippen molar-refractivity contribution in [3.05, 3.63) is 118 Å². The average molecular weight is 888 g/mol. The van der Waals surface area contributed by atoms with E-state index in [-0.39, 0.29) is 53.1 Å². The van der Waals surface area contributed by atoms with Gasteiger partial charge >= 0.3 is 6.09 Å². The van der Waals surface area contributed by atoms with Gasteiger partial charge in [-0.2, -0.15) is 5.10 Å². The van der Waals surface area contributed by atoms with Crippen molar-refractivity contribution >= 4 is 40.3 Å². The van der Waals surface area contributed by atoms with Gasteiger partial charge in [0.2, 0.25) is 5.91 Å². The molecule has 8 rings (SSSR count). The molecule has 3 saturated heterocycles. The number of aromatic nitrogens is 4. The van der Waals surface area contributed by atoms with Crippen molar-refractivity contribution in [2.24, 2.45) is 0 Å². The third-order valence-corrected chi connectivity index (χ3v) is 12.1. The Morgan fingerprint density at radius 3 is 2.15 bits per heavy atom. The minimum absolute atomic E-state index is 0.00651. The fourth-order valence-electron chi connectivity index (χ4n) is 8.62. The number of piperazine rings is 1. The van der Waals surface area contributed by atoms with Crippen LogP contribution in [0.5, 0.6) is 0 Å². The topological polar surface area (TPSA) is 183 Å². The number of nitrogens with zero attached hydrogens (tertiary/aromatic N) is 7. The second-order valence-corrected chi connectivity index (χ2v) is 17.8. The highest BCUT2D eigenvalue weighted by atomic mass is 19.1. The molecule has 340 valence electrons. The number of ether oxygens (including phenoxy) is 2. The molecule has 0 bridgehead atoms. The second kappa shape index (κ2) is 19.7. The van der Waals surface area contributed by atoms with Crippen molar-refractivity contribution in [1.29, 1.82) is 0 Å². The first-order chi connectivity index (χ1) is 31.3. The number of carbonyl (C=O) groups excluding carboxylic acids is 4. The average Bonchev–Trinajstić information content (AvgIpc) is 3.30. The lowest BCUT2D eigenvalue weighted by atomic mass is 10.0. The Hall–Kier alpha value is -6.59. The van der Waals surface area contributed by atoms with Crippen LogP contribution < -0.4 is 10.9 Å². The minimum atomic E-state index is -0.730. The first-order valence-corrected chi connectivity index (χ1v) is 22.2. The number of amides is 4. The molecule has 3 aromatic heterocycles. The number of benzene rings is 2. The molecule has 3 aliphatic rings. The number of H-pyrrole nitrogens is 1. The molecule has 0 spiro atoms. The van der Waals surface area contributed by atoms with Crippen LogP contribution in [0.3, 0.4) is 0 Å². The van der Waals surface area contributed by atoms with Crippen molar-refractivity contribution in [3.8, 4) is 11.1 Å². The van der Waals surface area contributed by atoms with E-state index >= 15 is 4.39 Å². The largest absolute Gasteiger partial charge is 0.444 e. The quantitative estimate of drug-likeness (QED) is 0.180.